The molecule has 0 radical (unpaired) electrons. The summed E-state index contributed by atoms with van der Waals surface area (Å²) in [5.41, 5.74) is 0.637. The first-order valence-electron chi connectivity index (χ1n) is 11.7. The number of para-hydroxylation sites is 3. The Hall–Kier alpha value is -3.17. The number of thioether (sulfide) groups is 1. The van der Waals surface area contributed by atoms with E-state index >= 15 is 0 Å². The van der Waals surface area contributed by atoms with Gasteiger partial charge in [-0.25, -0.2) is 4.98 Å². The van der Waals surface area contributed by atoms with Crippen LogP contribution in [0.25, 0.3) is 10.9 Å². The maximum atomic E-state index is 13.5. The number of hydrogen-bond donors (Lipinski definition) is 1. The van der Waals surface area contributed by atoms with Gasteiger partial charge in [-0.05, 0) is 58.4 Å². The highest BCUT2D eigenvalue weighted by atomic mass is 32.2. The van der Waals surface area contributed by atoms with Crippen LogP contribution in [-0.2, 0) is 20.9 Å². The highest BCUT2D eigenvalue weighted by Crippen LogP contribution is 2.37. The lowest BCUT2D eigenvalue weighted by atomic mass is 9.96. The number of ether oxygens (including phenoxy) is 1. The molecule has 0 saturated heterocycles. The molecule has 8 nitrogen and oxygen atoms in total. The molecule has 0 aliphatic carbocycles. The van der Waals surface area contributed by atoms with Gasteiger partial charge in [0.1, 0.15) is 5.54 Å². The van der Waals surface area contributed by atoms with Crippen molar-refractivity contribution in [1.29, 1.82) is 0 Å². The van der Waals surface area contributed by atoms with E-state index in [1.807, 2.05) is 44.2 Å². The highest BCUT2D eigenvalue weighted by Gasteiger charge is 2.43. The number of amides is 2. The normalized spacial score (nSPS) is 14.8. The predicted octanol–water partition coefficient (Wildman–Crippen LogP) is 4.07. The van der Waals surface area contributed by atoms with Crippen molar-refractivity contribution in [1.82, 2.24) is 9.55 Å². The number of nitrogens with one attached hydrogen (secondary N) is 1. The van der Waals surface area contributed by atoms with Crippen LogP contribution in [0.1, 0.15) is 34.1 Å². The Balaban J connectivity index is 1.62. The van der Waals surface area contributed by atoms with Crippen LogP contribution in [0.3, 0.4) is 0 Å². The molecule has 4 rings (SSSR count). The summed E-state index contributed by atoms with van der Waals surface area (Å²) in [6, 6.07) is 14.4. The maximum Gasteiger partial charge on any atom is 0.262 e. The first-order valence-corrected chi connectivity index (χ1v) is 12.7. The summed E-state index contributed by atoms with van der Waals surface area (Å²) >= 11 is 1.21. The molecule has 2 aromatic carbocycles. The zero-order valence-electron chi connectivity index (χ0n) is 20.4. The molecule has 184 valence electrons. The fourth-order valence-electron chi connectivity index (χ4n) is 4.09. The Morgan fingerprint density at radius 2 is 1.83 bits per heavy atom. The number of aromatic nitrogens is 2. The number of carbonyl (C=O) groups excluding carboxylic acids is 2. The summed E-state index contributed by atoms with van der Waals surface area (Å²) in [7, 11) is 0. The van der Waals surface area contributed by atoms with Gasteiger partial charge in [-0.3, -0.25) is 23.9 Å². The van der Waals surface area contributed by atoms with E-state index in [1.54, 1.807) is 36.6 Å². The van der Waals surface area contributed by atoms with E-state index in [0.29, 0.717) is 47.0 Å². The Morgan fingerprint density at radius 1 is 1.11 bits per heavy atom. The number of anilines is 2. The van der Waals surface area contributed by atoms with Gasteiger partial charge in [0.2, 0.25) is 11.8 Å². The zero-order valence-corrected chi connectivity index (χ0v) is 21.2. The van der Waals surface area contributed by atoms with Crippen molar-refractivity contribution in [3.63, 3.8) is 0 Å². The molecular formula is C26H30N4O4S. The van der Waals surface area contributed by atoms with Gasteiger partial charge in [-0.2, -0.15) is 0 Å². The molecule has 0 unspecified atom stereocenters. The largest absolute Gasteiger partial charge is 0.379 e. The Morgan fingerprint density at radius 3 is 2.60 bits per heavy atom. The third kappa shape index (κ3) is 5.11. The van der Waals surface area contributed by atoms with Crippen molar-refractivity contribution in [3.8, 4) is 0 Å². The van der Waals surface area contributed by atoms with Gasteiger partial charge in [0.15, 0.2) is 5.16 Å². The molecular weight excluding hydrogens is 464 g/mol. The van der Waals surface area contributed by atoms with E-state index in [4.69, 9.17) is 9.72 Å². The third-order valence-electron chi connectivity index (χ3n) is 5.89. The molecule has 9 heteroatoms. The summed E-state index contributed by atoms with van der Waals surface area (Å²) in [5, 5.41) is 3.88. The summed E-state index contributed by atoms with van der Waals surface area (Å²) in [6.07, 6.45) is 0.757. The van der Waals surface area contributed by atoms with E-state index in [2.05, 4.69) is 5.32 Å². The van der Waals surface area contributed by atoms with E-state index in [9.17, 15) is 14.4 Å². The molecule has 0 bridgehead atoms. The lowest BCUT2D eigenvalue weighted by molar-refractivity contribution is -0.125. The van der Waals surface area contributed by atoms with Crippen LogP contribution in [-0.4, -0.2) is 45.4 Å². The molecule has 0 saturated carbocycles. The summed E-state index contributed by atoms with van der Waals surface area (Å²) in [6.45, 7) is 8.34. The average molecular weight is 495 g/mol. The summed E-state index contributed by atoms with van der Waals surface area (Å²) < 4.78 is 7.25. The van der Waals surface area contributed by atoms with Crippen LogP contribution < -0.4 is 15.8 Å². The monoisotopic (exact) mass is 494 g/mol. The number of fused-ring (bicyclic) bond motifs is 2. The minimum Gasteiger partial charge on any atom is -0.379 e. The number of rotatable bonds is 8. The topological polar surface area (TPSA) is 93.5 Å². The van der Waals surface area contributed by atoms with Gasteiger partial charge in [0, 0.05) is 13.2 Å². The van der Waals surface area contributed by atoms with Crippen molar-refractivity contribution in [2.75, 3.05) is 22.6 Å². The van der Waals surface area contributed by atoms with Crippen LogP contribution in [0.5, 0.6) is 0 Å². The smallest absolute Gasteiger partial charge is 0.262 e. The predicted molar refractivity (Wildman–Crippen MR) is 139 cm³/mol. The summed E-state index contributed by atoms with van der Waals surface area (Å²) in [5.74, 6) is -0.460. The summed E-state index contributed by atoms with van der Waals surface area (Å²) in [4.78, 5) is 45.7. The molecule has 1 N–H and O–H groups in total. The second-order valence-electron chi connectivity index (χ2n) is 9.19. The highest BCUT2D eigenvalue weighted by molar-refractivity contribution is 7.99. The molecule has 35 heavy (non-hydrogen) atoms. The minimum absolute atomic E-state index is 0.0261. The lowest BCUT2D eigenvalue weighted by Crippen LogP contribution is -2.59. The number of carbonyl (C=O) groups is 2. The third-order valence-corrected chi connectivity index (χ3v) is 6.85. The van der Waals surface area contributed by atoms with Crippen LogP contribution in [0.15, 0.2) is 58.5 Å². The van der Waals surface area contributed by atoms with E-state index < -0.39 is 5.54 Å². The Labute approximate surface area is 208 Å². The minimum atomic E-state index is -1.06. The lowest BCUT2D eigenvalue weighted by Gasteiger charge is -2.42. The van der Waals surface area contributed by atoms with E-state index in [-0.39, 0.29) is 29.2 Å². The number of hydrogen-bond acceptors (Lipinski definition) is 6. The van der Waals surface area contributed by atoms with Gasteiger partial charge in [0.05, 0.1) is 34.1 Å². The second-order valence-corrected chi connectivity index (χ2v) is 10.1. The van der Waals surface area contributed by atoms with Gasteiger partial charge < -0.3 is 10.1 Å². The van der Waals surface area contributed by atoms with Crippen LogP contribution in [0, 0.1) is 0 Å². The molecule has 2 amide bonds. The maximum absolute atomic E-state index is 13.5. The van der Waals surface area contributed by atoms with Crippen molar-refractivity contribution >= 4 is 45.9 Å². The molecule has 1 aromatic heterocycles. The van der Waals surface area contributed by atoms with Gasteiger partial charge >= 0.3 is 0 Å². The molecule has 0 fully saturated rings. The molecule has 2 heterocycles. The van der Waals surface area contributed by atoms with Gasteiger partial charge in [-0.1, -0.05) is 36.0 Å². The first-order chi connectivity index (χ1) is 16.7. The quantitative estimate of drug-likeness (QED) is 0.288. The molecule has 1 aliphatic rings. The van der Waals surface area contributed by atoms with Gasteiger partial charge in [-0.15, -0.1) is 0 Å². The van der Waals surface area contributed by atoms with E-state index in [1.165, 1.54) is 16.7 Å². The molecule has 0 spiro atoms. The van der Waals surface area contributed by atoms with Crippen LogP contribution in [0.4, 0.5) is 11.4 Å². The second kappa shape index (κ2) is 10.2. The average Bonchev–Trinajstić information content (AvgIpc) is 2.82. The van der Waals surface area contributed by atoms with Crippen molar-refractivity contribution in [2.45, 2.75) is 57.5 Å². The molecule has 1 aliphatic heterocycles. The van der Waals surface area contributed by atoms with E-state index in [0.717, 1.165) is 0 Å². The standard InChI is InChI=1S/C26H30N4O4S/c1-17(2)34-15-9-14-29-23(32)18-10-5-6-11-19(18)28-25(29)35-16-22(31)30-21-13-8-7-12-20(21)27-24(33)26(30,3)4/h5-8,10-13,17H,9,14-16H2,1-4H3,(H,27,33). The van der Waals surface area contributed by atoms with Gasteiger partial charge in [0.25, 0.3) is 5.56 Å². The van der Waals surface area contributed by atoms with Crippen molar-refractivity contribution < 1.29 is 14.3 Å². The Bertz CT molecular complexity index is 1320. The molecule has 0 atom stereocenters. The Kier molecular flexibility index (Phi) is 7.28. The molecule has 3 aromatic rings. The number of nitrogens with zero attached hydrogens (tertiary/aromatic N) is 3. The SMILES string of the molecule is CC(C)OCCCn1c(SCC(=O)N2c3ccccc3NC(=O)C2(C)C)nc2ccccc2c1=O. The zero-order chi connectivity index (χ0) is 25.2. The van der Waals surface area contributed by atoms with Crippen LogP contribution in [0.2, 0.25) is 0 Å². The van der Waals surface area contributed by atoms with Crippen LogP contribution >= 0.6 is 11.8 Å². The van der Waals surface area contributed by atoms with Crippen molar-refractivity contribution in [2.24, 2.45) is 0 Å². The fraction of sp³-hybridized carbons (Fsp3) is 0.385. The number of benzene rings is 2. The first kappa shape index (κ1) is 24.9. The fourth-order valence-corrected chi connectivity index (χ4v) is 4.96. The van der Waals surface area contributed by atoms with Crippen molar-refractivity contribution in [3.05, 3.63) is 58.9 Å².